The molecule has 0 unspecified atom stereocenters. The van der Waals surface area contributed by atoms with Gasteiger partial charge in [0.05, 0.1) is 12.3 Å². The van der Waals surface area contributed by atoms with Crippen LogP contribution >= 0.6 is 0 Å². The number of phenols is 1. The van der Waals surface area contributed by atoms with Gasteiger partial charge in [0.1, 0.15) is 18.0 Å². The highest BCUT2D eigenvalue weighted by molar-refractivity contribution is 5.91. The monoisotopic (exact) mass is 212 g/mol. The number of para-hydroxylation sites is 1. The number of phenolic OH excluding ortho intramolecular Hbond substituents is 1. The molecule has 0 aromatic heterocycles. The van der Waals surface area contributed by atoms with Gasteiger partial charge in [-0.2, -0.15) is 0 Å². The Balaban J connectivity index is 2.68. The quantitative estimate of drug-likeness (QED) is 0.431. The lowest BCUT2D eigenvalue weighted by atomic mass is 10.2. The molecule has 82 valence electrons. The fourth-order valence-electron chi connectivity index (χ4n) is 0.970. The summed E-state index contributed by atoms with van der Waals surface area (Å²) in [5.74, 6) is -0.143. The van der Waals surface area contributed by atoms with E-state index >= 15 is 0 Å². The average molecular weight is 212 g/mol. The second-order valence-electron chi connectivity index (χ2n) is 2.73. The highest BCUT2D eigenvalue weighted by atomic mass is 16.6. The molecule has 1 aromatic rings. The summed E-state index contributed by atoms with van der Waals surface area (Å²) in [7, 11) is 0. The van der Waals surface area contributed by atoms with Gasteiger partial charge in [0.2, 0.25) is 0 Å². The van der Waals surface area contributed by atoms with E-state index in [1.807, 2.05) is 0 Å². The summed E-state index contributed by atoms with van der Waals surface area (Å²) in [5.41, 5.74) is 5.85. The summed E-state index contributed by atoms with van der Waals surface area (Å²) < 4.78 is 4.54. The van der Waals surface area contributed by atoms with Crippen LogP contribution in [0.5, 0.6) is 5.75 Å². The molecular weight excluding hydrogens is 200 g/mol. The van der Waals surface area contributed by atoms with Crippen molar-refractivity contribution in [3.63, 3.8) is 0 Å². The number of carbonyl (C=O) groups is 1. The van der Waals surface area contributed by atoms with Gasteiger partial charge in [-0.1, -0.05) is 6.07 Å². The molecule has 0 heterocycles. The number of aliphatic hydroxyl groups excluding tert-OH is 1. The molecule has 15 heavy (non-hydrogen) atoms. The van der Waals surface area contributed by atoms with E-state index in [2.05, 4.69) is 10.1 Å². The molecule has 0 aliphatic carbocycles. The summed E-state index contributed by atoms with van der Waals surface area (Å²) in [6.45, 7) is -0.372. The molecule has 1 rings (SSSR count). The maximum Gasteiger partial charge on any atom is 0.411 e. The predicted molar refractivity (Wildman–Crippen MR) is 54.6 cm³/mol. The number of carbonyl (C=O) groups excluding carboxylic acids is 1. The Morgan fingerprint density at radius 2 is 2.27 bits per heavy atom. The number of nitrogen functional groups attached to an aromatic ring is 1. The molecule has 5 N–H and O–H groups in total. The first kappa shape index (κ1) is 11.1. The number of aliphatic hydroxyl groups is 1. The minimum atomic E-state index is -0.780. The van der Waals surface area contributed by atoms with Crippen molar-refractivity contribution in [2.75, 3.05) is 24.3 Å². The summed E-state index contributed by atoms with van der Waals surface area (Å²) in [6, 6.07) is 4.47. The van der Waals surface area contributed by atoms with Gasteiger partial charge in [0.15, 0.2) is 0 Å². The zero-order valence-corrected chi connectivity index (χ0v) is 7.93. The van der Waals surface area contributed by atoms with Crippen LogP contribution in [0.1, 0.15) is 0 Å². The Hall–Kier alpha value is -1.95. The lowest BCUT2D eigenvalue weighted by Gasteiger charge is -2.09. The van der Waals surface area contributed by atoms with Gasteiger partial charge < -0.3 is 20.7 Å². The SMILES string of the molecule is Nc1cccc(O)c1NC(=O)OCCO. The minimum absolute atomic E-state index is 0.0976. The highest BCUT2D eigenvalue weighted by Gasteiger charge is 2.09. The number of nitrogens with two attached hydrogens (primary N) is 1. The average Bonchev–Trinajstić information content (AvgIpc) is 2.21. The van der Waals surface area contributed by atoms with E-state index in [0.29, 0.717) is 0 Å². The first-order valence-corrected chi connectivity index (χ1v) is 4.27. The largest absolute Gasteiger partial charge is 0.506 e. The number of benzene rings is 1. The number of amides is 1. The lowest BCUT2D eigenvalue weighted by molar-refractivity contribution is 0.131. The first-order valence-electron chi connectivity index (χ1n) is 4.27. The summed E-state index contributed by atoms with van der Waals surface area (Å²) in [6.07, 6.45) is -0.780. The normalized spacial score (nSPS) is 9.67. The van der Waals surface area contributed by atoms with Crippen molar-refractivity contribution in [2.45, 2.75) is 0 Å². The van der Waals surface area contributed by atoms with E-state index in [1.54, 1.807) is 6.07 Å². The molecule has 0 atom stereocenters. The van der Waals surface area contributed by atoms with Crippen LogP contribution in [0.3, 0.4) is 0 Å². The zero-order chi connectivity index (χ0) is 11.3. The lowest BCUT2D eigenvalue weighted by Crippen LogP contribution is -2.16. The van der Waals surface area contributed by atoms with Crippen LogP contribution in [0.2, 0.25) is 0 Å². The van der Waals surface area contributed by atoms with Gasteiger partial charge in [-0.3, -0.25) is 5.32 Å². The van der Waals surface area contributed by atoms with Crippen molar-refractivity contribution in [1.29, 1.82) is 0 Å². The first-order chi connectivity index (χ1) is 7.15. The maximum absolute atomic E-state index is 11.1. The molecular formula is C9H12N2O4. The van der Waals surface area contributed by atoms with Crippen molar-refractivity contribution in [2.24, 2.45) is 0 Å². The van der Waals surface area contributed by atoms with Gasteiger partial charge >= 0.3 is 6.09 Å². The molecule has 0 fully saturated rings. The Kier molecular flexibility index (Phi) is 3.75. The van der Waals surface area contributed by atoms with Crippen LogP contribution in [-0.2, 0) is 4.74 Å². The predicted octanol–water partition coefficient (Wildman–Crippen LogP) is 0.515. The number of nitrogens with one attached hydrogen (secondary N) is 1. The van der Waals surface area contributed by atoms with Gasteiger partial charge in [-0.15, -0.1) is 0 Å². The summed E-state index contributed by atoms with van der Waals surface area (Å²) in [4.78, 5) is 11.1. The van der Waals surface area contributed by atoms with E-state index in [0.717, 1.165) is 0 Å². The number of ether oxygens (including phenoxy) is 1. The molecule has 6 nitrogen and oxygen atoms in total. The van der Waals surface area contributed by atoms with Crippen molar-refractivity contribution >= 4 is 17.5 Å². The van der Waals surface area contributed by atoms with Crippen molar-refractivity contribution in [3.05, 3.63) is 18.2 Å². The van der Waals surface area contributed by atoms with Crippen LogP contribution in [-0.4, -0.2) is 29.5 Å². The third-order valence-electron chi connectivity index (χ3n) is 1.63. The fourth-order valence-corrected chi connectivity index (χ4v) is 0.970. The molecule has 6 heteroatoms. The van der Waals surface area contributed by atoms with Gasteiger partial charge in [0, 0.05) is 0 Å². The fraction of sp³-hybridized carbons (Fsp3) is 0.222. The highest BCUT2D eigenvalue weighted by Crippen LogP contribution is 2.28. The zero-order valence-electron chi connectivity index (χ0n) is 7.93. The second-order valence-corrected chi connectivity index (χ2v) is 2.73. The van der Waals surface area contributed by atoms with Gasteiger partial charge in [-0.05, 0) is 12.1 Å². The van der Waals surface area contributed by atoms with Crippen LogP contribution in [0.4, 0.5) is 16.2 Å². The molecule has 0 radical (unpaired) electrons. The number of aromatic hydroxyl groups is 1. The maximum atomic E-state index is 11.1. The molecule has 0 aliphatic heterocycles. The van der Waals surface area contributed by atoms with Crippen molar-refractivity contribution in [3.8, 4) is 5.75 Å². The van der Waals surface area contributed by atoms with Crippen LogP contribution in [0.25, 0.3) is 0 Å². The minimum Gasteiger partial charge on any atom is -0.506 e. The topological polar surface area (TPSA) is 105 Å². The van der Waals surface area contributed by atoms with Crippen molar-refractivity contribution < 1.29 is 19.7 Å². The second kappa shape index (κ2) is 5.06. The Labute approximate surface area is 86.3 Å². The molecule has 0 aliphatic rings. The number of hydrogen-bond acceptors (Lipinski definition) is 5. The standard InChI is InChI=1S/C9H12N2O4/c10-6-2-1-3-7(13)8(6)11-9(14)15-5-4-12/h1-3,12-13H,4-5,10H2,(H,11,14). The molecule has 0 saturated heterocycles. The third-order valence-corrected chi connectivity index (χ3v) is 1.63. The van der Waals surface area contributed by atoms with Gasteiger partial charge in [-0.25, -0.2) is 4.79 Å². The molecule has 0 saturated carbocycles. The van der Waals surface area contributed by atoms with Crippen LogP contribution in [0.15, 0.2) is 18.2 Å². The van der Waals surface area contributed by atoms with E-state index in [4.69, 9.17) is 10.8 Å². The van der Waals surface area contributed by atoms with Gasteiger partial charge in [0.25, 0.3) is 0 Å². The summed E-state index contributed by atoms with van der Waals surface area (Å²) >= 11 is 0. The van der Waals surface area contributed by atoms with E-state index in [1.165, 1.54) is 12.1 Å². The molecule has 0 bridgehead atoms. The van der Waals surface area contributed by atoms with E-state index in [9.17, 15) is 9.90 Å². The van der Waals surface area contributed by atoms with E-state index < -0.39 is 6.09 Å². The smallest absolute Gasteiger partial charge is 0.411 e. The van der Waals surface area contributed by atoms with E-state index in [-0.39, 0.29) is 30.3 Å². The Morgan fingerprint density at radius 1 is 1.53 bits per heavy atom. The van der Waals surface area contributed by atoms with Crippen molar-refractivity contribution in [1.82, 2.24) is 0 Å². The molecule has 0 spiro atoms. The number of hydrogen-bond donors (Lipinski definition) is 4. The van der Waals surface area contributed by atoms with Crippen LogP contribution < -0.4 is 11.1 Å². The summed E-state index contributed by atoms with van der Waals surface area (Å²) in [5, 5.41) is 20.0. The molecule has 1 aromatic carbocycles. The Morgan fingerprint density at radius 3 is 2.87 bits per heavy atom. The third kappa shape index (κ3) is 3.03. The Bertz CT molecular complexity index is 334. The van der Waals surface area contributed by atoms with Crippen LogP contribution in [0, 0.1) is 0 Å². The number of rotatable bonds is 3. The number of anilines is 2. The molecule has 1 amide bonds.